The molecule has 11 nitrogen and oxygen atoms in total. The fraction of sp³-hybridized carbons (Fsp3) is 0.750. The van der Waals surface area contributed by atoms with Gasteiger partial charge in [-0.1, -0.05) is 13.8 Å². The lowest BCUT2D eigenvalue weighted by Gasteiger charge is -2.25. The number of carboxylic acid groups (broad SMARTS) is 1. The third kappa shape index (κ3) is 9.31. The summed E-state index contributed by atoms with van der Waals surface area (Å²) in [5.74, 6) is -3.58. The van der Waals surface area contributed by atoms with Gasteiger partial charge in [-0.25, -0.2) is 4.79 Å². The number of unbranched alkanes of at least 4 members (excludes halogenated alkanes) is 1. The summed E-state index contributed by atoms with van der Waals surface area (Å²) >= 11 is 0. The van der Waals surface area contributed by atoms with Gasteiger partial charge in [0, 0.05) is 0 Å². The third-order valence-electron chi connectivity index (χ3n) is 3.83. The number of hydrogen-bond acceptors (Lipinski definition) is 7. The third-order valence-corrected chi connectivity index (χ3v) is 3.83. The van der Waals surface area contributed by atoms with Crippen molar-refractivity contribution >= 4 is 23.7 Å². The second-order valence-electron chi connectivity index (χ2n) is 6.42. The number of carboxylic acids is 1. The maximum Gasteiger partial charge on any atom is 0.326 e. The maximum absolute atomic E-state index is 12.4. The van der Waals surface area contributed by atoms with Gasteiger partial charge in [0.25, 0.3) is 0 Å². The smallest absolute Gasteiger partial charge is 0.326 e. The molecule has 0 aromatic heterocycles. The molecule has 0 radical (unpaired) electrons. The molecule has 3 unspecified atom stereocenters. The van der Waals surface area contributed by atoms with Crippen molar-refractivity contribution in [3.8, 4) is 0 Å². The fourth-order valence-electron chi connectivity index (χ4n) is 2.25. The molecule has 0 aliphatic carbocycles. The van der Waals surface area contributed by atoms with Gasteiger partial charge in [0.05, 0.1) is 13.2 Å². The summed E-state index contributed by atoms with van der Waals surface area (Å²) in [6.45, 7) is 2.74. The average Bonchev–Trinajstić information content (AvgIpc) is 2.62. The predicted octanol–water partition coefficient (Wildman–Crippen LogP) is -2.74. The van der Waals surface area contributed by atoms with Gasteiger partial charge in [0.2, 0.25) is 17.7 Å². The topological polar surface area (TPSA) is 197 Å². The first-order chi connectivity index (χ1) is 12.7. The van der Waals surface area contributed by atoms with E-state index in [1.54, 1.807) is 13.8 Å². The van der Waals surface area contributed by atoms with E-state index >= 15 is 0 Å². The Morgan fingerprint density at radius 2 is 1.52 bits per heavy atom. The Labute approximate surface area is 158 Å². The molecule has 156 valence electrons. The number of rotatable bonds is 13. The number of nitrogens with two attached hydrogens (primary N) is 2. The van der Waals surface area contributed by atoms with Crippen molar-refractivity contribution in [3.63, 3.8) is 0 Å². The van der Waals surface area contributed by atoms with Crippen molar-refractivity contribution in [1.29, 1.82) is 0 Å². The van der Waals surface area contributed by atoms with E-state index in [2.05, 4.69) is 16.0 Å². The van der Waals surface area contributed by atoms with Crippen LogP contribution in [0.5, 0.6) is 0 Å². The number of nitrogens with one attached hydrogen (secondary N) is 3. The Kier molecular flexibility index (Phi) is 11.9. The van der Waals surface area contributed by atoms with Crippen molar-refractivity contribution in [2.45, 2.75) is 51.2 Å². The van der Waals surface area contributed by atoms with E-state index in [1.165, 1.54) is 0 Å². The highest BCUT2D eigenvalue weighted by Gasteiger charge is 2.30. The van der Waals surface area contributed by atoms with E-state index < -0.39 is 48.4 Å². The molecular weight excluding hydrogens is 358 g/mol. The van der Waals surface area contributed by atoms with Crippen LogP contribution in [0.4, 0.5) is 0 Å². The Hall–Kier alpha value is -2.24. The van der Waals surface area contributed by atoms with Crippen LogP contribution in [0, 0.1) is 5.92 Å². The van der Waals surface area contributed by atoms with Crippen LogP contribution >= 0.6 is 0 Å². The molecule has 3 atom stereocenters. The van der Waals surface area contributed by atoms with Crippen molar-refractivity contribution < 1.29 is 29.4 Å². The van der Waals surface area contributed by atoms with E-state index in [-0.39, 0.29) is 18.9 Å². The van der Waals surface area contributed by atoms with Gasteiger partial charge in [-0.05, 0) is 31.7 Å². The highest BCUT2D eigenvalue weighted by molar-refractivity contribution is 5.93. The molecule has 0 saturated carbocycles. The summed E-state index contributed by atoms with van der Waals surface area (Å²) in [5, 5.41) is 25.6. The Morgan fingerprint density at radius 1 is 0.926 bits per heavy atom. The minimum Gasteiger partial charge on any atom is -0.480 e. The molecule has 0 aromatic carbocycles. The van der Waals surface area contributed by atoms with Crippen LogP contribution in [0.2, 0.25) is 0 Å². The van der Waals surface area contributed by atoms with Crippen LogP contribution in [0.1, 0.15) is 33.1 Å². The van der Waals surface area contributed by atoms with Crippen LogP contribution in [-0.2, 0) is 19.2 Å². The molecular formula is C16H31N5O6. The van der Waals surface area contributed by atoms with E-state index in [0.29, 0.717) is 19.4 Å². The SMILES string of the molecule is CC(C)C(NC(=O)CN)C(=O)NC(CO)C(=O)NC(CCCCN)C(=O)O. The van der Waals surface area contributed by atoms with Crippen molar-refractivity contribution in [3.05, 3.63) is 0 Å². The predicted molar refractivity (Wildman–Crippen MR) is 97.3 cm³/mol. The Balaban J connectivity index is 4.95. The van der Waals surface area contributed by atoms with Gasteiger partial charge in [-0.3, -0.25) is 14.4 Å². The zero-order valence-electron chi connectivity index (χ0n) is 15.7. The van der Waals surface area contributed by atoms with Crippen molar-refractivity contribution in [2.24, 2.45) is 17.4 Å². The largest absolute Gasteiger partial charge is 0.480 e. The molecule has 0 heterocycles. The second-order valence-corrected chi connectivity index (χ2v) is 6.42. The minimum atomic E-state index is -1.36. The number of aliphatic carboxylic acids is 1. The normalized spacial score (nSPS) is 14.1. The van der Waals surface area contributed by atoms with Gasteiger partial charge in [-0.15, -0.1) is 0 Å². The number of carbonyl (C=O) groups excluding carboxylic acids is 3. The first-order valence-electron chi connectivity index (χ1n) is 8.81. The van der Waals surface area contributed by atoms with Crippen LogP contribution in [-0.4, -0.2) is 71.7 Å². The van der Waals surface area contributed by atoms with Crippen molar-refractivity contribution in [1.82, 2.24) is 16.0 Å². The summed E-state index contributed by atoms with van der Waals surface area (Å²) in [7, 11) is 0. The van der Waals surface area contributed by atoms with Gasteiger partial charge in [-0.2, -0.15) is 0 Å². The minimum absolute atomic E-state index is 0.172. The molecule has 0 rings (SSSR count). The summed E-state index contributed by atoms with van der Waals surface area (Å²) in [6, 6.07) is -3.47. The molecule has 27 heavy (non-hydrogen) atoms. The van der Waals surface area contributed by atoms with E-state index in [1.807, 2.05) is 0 Å². The average molecular weight is 389 g/mol. The summed E-state index contributed by atoms with van der Waals surface area (Å²) in [4.78, 5) is 47.3. The lowest BCUT2D eigenvalue weighted by atomic mass is 10.0. The number of amides is 3. The quantitative estimate of drug-likeness (QED) is 0.165. The molecule has 0 spiro atoms. The lowest BCUT2D eigenvalue weighted by Crippen LogP contribution is -2.58. The highest BCUT2D eigenvalue weighted by Crippen LogP contribution is 2.04. The number of hydrogen-bond donors (Lipinski definition) is 7. The molecule has 0 saturated heterocycles. The molecule has 0 aliphatic rings. The maximum atomic E-state index is 12.4. The lowest BCUT2D eigenvalue weighted by molar-refractivity contribution is -0.142. The standard InChI is InChI=1S/C16H31N5O6/c1-9(2)13(21-12(23)7-18)15(25)20-11(8-22)14(24)19-10(16(26)27)5-3-4-6-17/h9-11,13,22H,3-8,17-18H2,1-2H3,(H,19,24)(H,20,25)(H,21,23)(H,26,27). The van der Waals surface area contributed by atoms with Gasteiger partial charge in [0.15, 0.2) is 0 Å². The number of aliphatic hydroxyl groups is 1. The van der Waals surface area contributed by atoms with Crippen molar-refractivity contribution in [2.75, 3.05) is 19.7 Å². The molecule has 0 aromatic rings. The van der Waals surface area contributed by atoms with Crippen LogP contribution in [0.25, 0.3) is 0 Å². The molecule has 9 N–H and O–H groups in total. The monoisotopic (exact) mass is 389 g/mol. The zero-order chi connectivity index (χ0) is 21.0. The zero-order valence-corrected chi connectivity index (χ0v) is 15.7. The van der Waals surface area contributed by atoms with Gasteiger partial charge >= 0.3 is 5.97 Å². The summed E-state index contributed by atoms with van der Waals surface area (Å²) in [5.41, 5.74) is 10.6. The van der Waals surface area contributed by atoms with E-state index in [0.717, 1.165) is 0 Å². The van der Waals surface area contributed by atoms with Gasteiger partial charge < -0.3 is 37.6 Å². The number of carbonyl (C=O) groups is 4. The van der Waals surface area contributed by atoms with Gasteiger partial charge in [0.1, 0.15) is 18.1 Å². The molecule has 3 amide bonds. The Bertz CT molecular complexity index is 514. The van der Waals surface area contributed by atoms with Crippen LogP contribution in [0.15, 0.2) is 0 Å². The molecule has 11 heteroatoms. The molecule has 0 bridgehead atoms. The van der Waals surface area contributed by atoms with Crippen LogP contribution < -0.4 is 27.4 Å². The fourth-order valence-corrected chi connectivity index (χ4v) is 2.25. The van der Waals surface area contributed by atoms with E-state index in [4.69, 9.17) is 11.5 Å². The van der Waals surface area contributed by atoms with E-state index in [9.17, 15) is 29.4 Å². The number of aliphatic hydroxyl groups excluding tert-OH is 1. The molecule has 0 aliphatic heterocycles. The first kappa shape index (κ1) is 24.8. The summed E-state index contributed by atoms with van der Waals surface area (Å²) < 4.78 is 0. The second kappa shape index (κ2) is 13.0. The first-order valence-corrected chi connectivity index (χ1v) is 8.81. The Morgan fingerprint density at radius 3 is 1.96 bits per heavy atom. The summed E-state index contributed by atoms with van der Waals surface area (Å²) in [6.07, 6.45) is 1.28. The molecule has 0 fully saturated rings. The van der Waals surface area contributed by atoms with Crippen LogP contribution in [0.3, 0.4) is 0 Å². The highest BCUT2D eigenvalue weighted by atomic mass is 16.4.